The van der Waals surface area contributed by atoms with Crippen molar-refractivity contribution in [3.63, 3.8) is 0 Å². The van der Waals surface area contributed by atoms with E-state index >= 15 is 0 Å². The van der Waals surface area contributed by atoms with Crippen LogP contribution in [-0.4, -0.2) is 12.9 Å². The summed E-state index contributed by atoms with van der Waals surface area (Å²) in [6.07, 6.45) is 4.45. The maximum Gasteiger partial charge on any atom is 0.143 e. The highest BCUT2D eigenvalue weighted by Crippen LogP contribution is 2.44. The zero-order valence-electron chi connectivity index (χ0n) is 11.3. The van der Waals surface area contributed by atoms with Crippen LogP contribution in [0.15, 0.2) is 24.3 Å². The van der Waals surface area contributed by atoms with Gasteiger partial charge < -0.3 is 4.74 Å². The first kappa shape index (κ1) is 13.6. The fourth-order valence-electron chi connectivity index (χ4n) is 3.08. The third kappa shape index (κ3) is 2.49. The van der Waals surface area contributed by atoms with Gasteiger partial charge in [0.2, 0.25) is 0 Å². The van der Waals surface area contributed by atoms with Crippen LogP contribution in [0.5, 0.6) is 5.75 Å². The van der Waals surface area contributed by atoms with Crippen molar-refractivity contribution in [1.29, 1.82) is 5.26 Å². The molecule has 2 rings (SSSR count). The highest BCUT2D eigenvalue weighted by atomic mass is 16.5. The van der Waals surface area contributed by atoms with Crippen LogP contribution in [0, 0.1) is 11.3 Å². The second kappa shape index (κ2) is 5.88. The number of ether oxygens (including phenoxy) is 1. The SMILES string of the molecule is COc1ccccc1[C@@]1(CCC#N)CCCCC1=O. The molecule has 0 aromatic heterocycles. The van der Waals surface area contributed by atoms with E-state index in [9.17, 15) is 4.79 Å². The van der Waals surface area contributed by atoms with Crippen molar-refractivity contribution >= 4 is 5.78 Å². The molecular weight excluding hydrogens is 238 g/mol. The molecule has 0 radical (unpaired) electrons. The molecule has 0 bridgehead atoms. The first-order valence-corrected chi connectivity index (χ1v) is 6.78. The number of benzene rings is 1. The summed E-state index contributed by atoms with van der Waals surface area (Å²) in [5, 5.41) is 8.88. The van der Waals surface area contributed by atoms with Crippen molar-refractivity contribution in [2.24, 2.45) is 0 Å². The molecule has 3 nitrogen and oxygen atoms in total. The number of methoxy groups -OCH3 is 1. The molecule has 1 saturated carbocycles. The Morgan fingerprint density at radius 3 is 2.84 bits per heavy atom. The van der Waals surface area contributed by atoms with Gasteiger partial charge in [-0.1, -0.05) is 24.6 Å². The van der Waals surface area contributed by atoms with Gasteiger partial charge >= 0.3 is 0 Å². The third-order valence-corrected chi connectivity index (χ3v) is 4.08. The van der Waals surface area contributed by atoms with E-state index in [1.54, 1.807) is 7.11 Å². The van der Waals surface area contributed by atoms with Crippen molar-refractivity contribution in [3.8, 4) is 11.8 Å². The summed E-state index contributed by atoms with van der Waals surface area (Å²) in [6, 6.07) is 9.89. The number of hydrogen-bond acceptors (Lipinski definition) is 3. The molecule has 1 fully saturated rings. The van der Waals surface area contributed by atoms with Gasteiger partial charge in [0.25, 0.3) is 0 Å². The van der Waals surface area contributed by atoms with Crippen molar-refractivity contribution in [3.05, 3.63) is 29.8 Å². The van der Waals surface area contributed by atoms with Crippen LogP contribution in [0.1, 0.15) is 44.1 Å². The Hall–Kier alpha value is -1.82. The number of hydrogen-bond donors (Lipinski definition) is 0. The normalized spacial score (nSPS) is 22.8. The average molecular weight is 257 g/mol. The van der Waals surface area contributed by atoms with Gasteiger partial charge in [0.15, 0.2) is 0 Å². The van der Waals surface area contributed by atoms with Crippen LogP contribution in [0.4, 0.5) is 0 Å². The molecule has 1 atom stereocenters. The van der Waals surface area contributed by atoms with E-state index in [0.717, 1.165) is 30.6 Å². The smallest absolute Gasteiger partial charge is 0.143 e. The highest BCUT2D eigenvalue weighted by Gasteiger charge is 2.42. The zero-order chi connectivity index (χ0) is 13.7. The van der Waals surface area contributed by atoms with Gasteiger partial charge in [-0.25, -0.2) is 0 Å². The van der Waals surface area contributed by atoms with Crippen molar-refractivity contribution in [2.75, 3.05) is 7.11 Å². The van der Waals surface area contributed by atoms with Crippen LogP contribution < -0.4 is 4.74 Å². The first-order valence-electron chi connectivity index (χ1n) is 6.78. The van der Waals surface area contributed by atoms with Crippen LogP contribution in [-0.2, 0) is 10.2 Å². The molecule has 0 amide bonds. The number of carbonyl (C=O) groups excluding carboxylic acids is 1. The maximum atomic E-state index is 12.5. The molecule has 100 valence electrons. The lowest BCUT2D eigenvalue weighted by Crippen LogP contribution is -2.39. The third-order valence-electron chi connectivity index (χ3n) is 4.08. The molecule has 0 spiro atoms. The summed E-state index contributed by atoms with van der Waals surface area (Å²) in [4.78, 5) is 12.5. The van der Waals surface area contributed by atoms with Gasteiger partial charge in [0.1, 0.15) is 11.5 Å². The van der Waals surface area contributed by atoms with Gasteiger partial charge in [-0.05, 0) is 25.3 Å². The Balaban J connectivity index is 2.47. The van der Waals surface area contributed by atoms with Crippen LogP contribution in [0.3, 0.4) is 0 Å². The predicted molar refractivity (Wildman–Crippen MR) is 73.0 cm³/mol. The van der Waals surface area contributed by atoms with Gasteiger partial charge in [0, 0.05) is 18.4 Å². The Bertz CT molecular complexity index is 504. The summed E-state index contributed by atoms with van der Waals surface area (Å²) >= 11 is 0. The lowest BCUT2D eigenvalue weighted by molar-refractivity contribution is -0.126. The van der Waals surface area contributed by atoms with Crippen molar-refractivity contribution in [1.82, 2.24) is 0 Å². The minimum Gasteiger partial charge on any atom is -0.496 e. The number of nitrogens with zero attached hydrogens (tertiary/aromatic N) is 1. The van der Waals surface area contributed by atoms with Crippen molar-refractivity contribution < 1.29 is 9.53 Å². The lowest BCUT2D eigenvalue weighted by atomic mass is 9.65. The van der Waals surface area contributed by atoms with Crippen LogP contribution in [0.2, 0.25) is 0 Å². The summed E-state index contributed by atoms with van der Waals surface area (Å²) in [6.45, 7) is 0. The minimum absolute atomic E-state index is 0.263. The van der Waals surface area contributed by atoms with E-state index < -0.39 is 5.41 Å². The van der Waals surface area contributed by atoms with Crippen molar-refractivity contribution in [2.45, 2.75) is 43.9 Å². The quantitative estimate of drug-likeness (QED) is 0.830. The molecule has 0 unspecified atom stereocenters. The summed E-state index contributed by atoms with van der Waals surface area (Å²) in [5.41, 5.74) is 0.443. The lowest BCUT2D eigenvalue weighted by Gasteiger charge is -2.36. The summed E-state index contributed by atoms with van der Waals surface area (Å²) in [5.74, 6) is 1.02. The van der Waals surface area contributed by atoms with Gasteiger partial charge in [-0.15, -0.1) is 0 Å². The van der Waals surface area contributed by atoms with E-state index in [4.69, 9.17) is 10.00 Å². The standard InChI is InChI=1S/C16H19NO2/c1-19-14-8-3-2-7-13(14)16(11-6-12-17)10-5-4-9-15(16)18/h2-3,7-8H,4-6,9-11H2,1H3/t16-/m0/s1. The second-order valence-corrected chi connectivity index (χ2v) is 5.07. The highest BCUT2D eigenvalue weighted by molar-refractivity contribution is 5.91. The molecule has 0 N–H and O–H groups in total. The fourth-order valence-corrected chi connectivity index (χ4v) is 3.08. The first-order chi connectivity index (χ1) is 9.24. The number of Topliss-reactive ketones (excluding diaryl/α,β-unsaturated/α-hetero) is 1. The van der Waals surface area contributed by atoms with Gasteiger partial charge in [0.05, 0.1) is 18.6 Å². The molecule has 1 aromatic rings. The Morgan fingerprint density at radius 1 is 1.37 bits per heavy atom. The van der Waals surface area contributed by atoms with E-state index in [2.05, 4.69) is 6.07 Å². The molecule has 3 heteroatoms. The Morgan fingerprint density at radius 2 is 2.16 bits per heavy atom. The largest absolute Gasteiger partial charge is 0.496 e. The zero-order valence-corrected chi connectivity index (χ0v) is 11.3. The molecule has 19 heavy (non-hydrogen) atoms. The van der Waals surface area contributed by atoms with Gasteiger partial charge in [-0.2, -0.15) is 5.26 Å². The van der Waals surface area contributed by atoms with E-state index in [0.29, 0.717) is 19.3 Å². The minimum atomic E-state index is -0.513. The predicted octanol–water partition coefficient (Wildman–Crippen LogP) is 3.38. The van der Waals surface area contributed by atoms with E-state index in [1.807, 2.05) is 24.3 Å². The van der Waals surface area contributed by atoms with E-state index in [1.165, 1.54) is 0 Å². The maximum absolute atomic E-state index is 12.5. The molecule has 1 aliphatic carbocycles. The summed E-state index contributed by atoms with van der Waals surface area (Å²) in [7, 11) is 1.63. The Labute approximate surface area is 114 Å². The number of para-hydroxylation sites is 1. The number of rotatable bonds is 4. The molecule has 0 saturated heterocycles. The van der Waals surface area contributed by atoms with Gasteiger partial charge in [-0.3, -0.25) is 4.79 Å². The monoisotopic (exact) mass is 257 g/mol. The van der Waals surface area contributed by atoms with Crippen LogP contribution >= 0.6 is 0 Å². The topological polar surface area (TPSA) is 50.1 Å². The van der Waals surface area contributed by atoms with Crippen LogP contribution in [0.25, 0.3) is 0 Å². The Kier molecular flexibility index (Phi) is 4.21. The average Bonchev–Trinajstić information content (AvgIpc) is 2.47. The molecule has 0 aliphatic heterocycles. The fraction of sp³-hybridized carbons (Fsp3) is 0.500. The second-order valence-electron chi connectivity index (χ2n) is 5.07. The van der Waals surface area contributed by atoms with E-state index in [-0.39, 0.29) is 5.78 Å². The number of carbonyl (C=O) groups is 1. The molecule has 1 aliphatic rings. The molecule has 1 aromatic carbocycles. The summed E-state index contributed by atoms with van der Waals surface area (Å²) < 4.78 is 5.42. The molecule has 0 heterocycles. The number of nitriles is 1. The number of ketones is 1. The molecular formula is C16H19NO2.